The van der Waals surface area contributed by atoms with Crippen molar-refractivity contribution in [2.24, 2.45) is 5.92 Å². The highest BCUT2D eigenvalue weighted by molar-refractivity contribution is 5.85. The Bertz CT molecular complexity index is 691. The topological polar surface area (TPSA) is 45.3 Å². The van der Waals surface area contributed by atoms with E-state index in [0.717, 1.165) is 76.3 Å². The molecule has 4 rings (SSSR count). The summed E-state index contributed by atoms with van der Waals surface area (Å²) in [6, 6.07) is 6.26. The van der Waals surface area contributed by atoms with E-state index in [1.807, 2.05) is 6.07 Å². The van der Waals surface area contributed by atoms with Gasteiger partial charge in [-0.1, -0.05) is 6.07 Å². The number of likely N-dealkylation sites (tertiary alicyclic amines) is 1. The molecule has 0 spiro atoms. The van der Waals surface area contributed by atoms with Crippen LogP contribution in [-0.2, 0) is 4.79 Å². The Morgan fingerprint density at radius 3 is 2.39 bits per heavy atom. The SMILES string of the molecule is CC(=O)CN1CCC(CCN2CCN(c3cccc4c3OCCCO4)CC2)CC1.Cl.Cl. The normalized spacial score (nSPS) is 20.4. The van der Waals surface area contributed by atoms with Gasteiger partial charge in [-0.15, -0.1) is 24.8 Å². The number of hydrogen-bond acceptors (Lipinski definition) is 6. The van der Waals surface area contributed by atoms with Crippen LogP contribution < -0.4 is 14.4 Å². The first-order valence-electron chi connectivity index (χ1n) is 11.3. The van der Waals surface area contributed by atoms with Gasteiger partial charge in [-0.25, -0.2) is 0 Å². The summed E-state index contributed by atoms with van der Waals surface area (Å²) in [5, 5.41) is 0. The van der Waals surface area contributed by atoms with E-state index in [9.17, 15) is 4.79 Å². The number of fused-ring (bicyclic) bond motifs is 1. The number of hydrogen-bond donors (Lipinski definition) is 0. The second-order valence-corrected chi connectivity index (χ2v) is 8.69. The van der Waals surface area contributed by atoms with Crippen molar-refractivity contribution >= 4 is 36.3 Å². The Kier molecular flexibility index (Phi) is 10.7. The van der Waals surface area contributed by atoms with Crippen molar-refractivity contribution in [1.82, 2.24) is 9.80 Å². The molecule has 0 aliphatic carbocycles. The van der Waals surface area contributed by atoms with E-state index in [-0.39, 0.29) is 30.6 Å². The van der Waals surface area contributed by atoms with Gasteiger partial charge in [0.2, 0.25) is 0 Å². The first-order valence-corrected chi connectivity index (χ1v) is 11.3. The fourth-order valence-electron chi connectivity index (χ4n) is 4.75. The summed E-state index contributed by atoms with van der Waals surface area (Å²) in [6.07, 6.45) is 4.70. The lowest BCUT2D eigenvalue weighted by atomic mass is 9.93. The monoisotopic (exact) mass is 473 g/mol. The first kappa shape index (κ1) is 26.0. The number of anilines is 1. The third-order valence-corrected chi connectivity index (χ3v) is 6.47. The third kappa shape index (κ3) is 7.14. The zero-order valence-electron chi connectivity index (χ0n) is 18.6. The van der Waals surface area contributed by atoms with Crippen LogP contribution in [0.1, 0.15) is 32.6 Å². The highest BCUT2D eigenvalue weighted by atomic mass is 35.5. The Morgan fingerprint density at radius 2 is 1.68 bits per heavy atom. The Hall–Kier alpha value is -1.21. The van der Waals surface area contributed by atoms with Crippen molar-refractivity contribution in [1.29, 1.82) is 0 Å². The van der Waals surface area contributed by atoms with E-state index >= 15 is 0 Å². The molecule has 8 heteroatoms. The molecule has 3 aliphatic rings. The molecule has 2 fully saturated rings. The number of para-hydroxylation sites is 1. The molecule has 31 heavy (non-hydrogen) atoms. The molecule has 3 aliphatic heterocycles. The maximum absolute atomic E-state index is 11.3. The van der Waals surface area contributed by atoms with E-state index in [0.29, 0.717) is 6.54 Å². The number of nitrogens with zero attached hydrogens (tertiary/aromatic N) is 3. The third-order valence-electron chi connectivity index (χ3n) is 6.47. The maximum Gasteiger partial charge on any atom is 0.184 e. The van der Waals surface area contributed by atoms with Crippen molar-refractivity contribution in [3.05, 3.63) is 18.2 Å². The van der Waals surface area contributed by atoms with Crippen molar-refractivity contribution in [2.75, 3.05) is 70.5 Å². The highest BCUT2D eigenvalue weighted by Gasteiger charge is 2.24. The fraction of sp³-hybridized carbons (Fsp3) is 0.696. The van der Waals surface area contributed by atoms with Gasteiger partial charge in [0.15, 0.2) is 11.5 Å². The molecule has 1 aromatic rings. The van der Waals surface area contributed by atoms with Gasteiger partial charge in [0.05, 0.1) is 25.4 Å². The van der Waals surface area contributed by atoms with Crippen LogP contribution in [0.5, 0.6) is 11.5 Å². The number of ketones is 1. The van der Waals surface area contributed by atoms with Crippen molar-refractivity contribution in [3.63, 3.8) is 0 Å². The van der Waals surface area contributed by atoms with Gasteiger partial charge in [-0.2, -0.15) is 0 Å². The Morgan fingerprint density at radius 1 is 0.968 bits per heavy atom. The quantitative estimate of drug-likeness (QED) is 0.629. The van der Waals surface area contributed by atoms with Crippen molar-refractivity contribution in [2.45, 2.75) is 32.6 Å². The second-order valence-electron chi connectivity index (χ2n) is 8.69. The van der Waals surface area contributed by atoms with E-state index in [1.165, 1.54) is 31.5 Å². The number of rotatable bonds is 6. The number of ether oxygens (including phenoxy) is 2. The number of benzene rings is 1. The van der Waals surface area contributed by atoms with Crippen LogP contribution in [0.4, 0.5) is 5.69 Å². The summed E-state index contributed by atoms with van der Waals surface area (Å²) < 4.78 is 11.9. The minimum Gasteiger partial charge on any atom is -0.489 e. The fourth-order valence-corrected chi connectivity index (χ4v) is 4.75. The number of carbonyl (C=O) groups excluding carboxylic acids is 1. The van der Waals surface area contributed by atoms with Crippen LogP contribution in [0.2, 0.25) is 0 Å². The standard InChI is InChI=1S/C23H35N3O3.2ClH/c1-19(27)18-25-10-7-20(8-11-25)6-9-24-12-14-26(15-13-24)21-4-2-5-22-23(21)29-17-3-16-28-22;;/h2,4-5,20H,3,6-18H2,1H3;2*1H. The Labute approximate surface area is 199 Å². The average Bonchev–Trinajstić information content (AvgIpc) is 2.99. The molecule has 0 bridgehead atoms. The number of carbonyl (C=O) groups is 1. The van der Waals surface area contributed by atoms with Gasteiger partial charge in [-0.05, 0) is 63.9 Å². The lowest BCUT2D eigenvalue weighted by Crippen LogP contribution is -2.47. The molecule has 3 heterocycles. The van der Waals surface area contributed by atoms with Crippen LogP contribution in [0.15, 0.2) is 18.2 Å². The van der Waals surface area contributed by atoms with Crippen molar-refractivity contribution < 1.29 is 14.3 Å². The van der Waals surface area contributed by atoms with Crippen LogP contribution in [0.25, 0.3) is 0 Å². The first-order chi connectivity index (χ1) is 14.2. The van der Waals surface area contributed by atoms with E-state index < -0.39 is 0 Å². The molecule has 0 atom stereocenters. The summed E-state index contributed by atoms with van der Waals surface area (Å²) in [5.41, 5.74) is 1.18. The average molecular weight is 474 g/mol. The van der Waals surface area contributed by atoms with Crippen LogP contribution in [0, 0.1) is 5.92 Å². The maximum atomic E-state index is 11.3. The van der Waals surface area contributed by atoms with Crippen LogP contribution >= 0.6 is 24.8 Å². The minimum absolute atomic E-state index is 0. The molecule has 6 nitrogen and oxygen atoms in total. The van der Waals surface area contributed by atoms with Crippen LogP contribution in [0.3, 0.4) is 0 Å². The smallest absolute Gasteiger partial charge is 0.184 e. The largest absolute Gasteiger partial charge is 0.489 e. The number of piperidine rings is 1. The molecule has 2 saturated heterocycles. The predicted octanol–water partition coefficient (Wildman–Crippen LogP) is 3.50. The van der Waals surface area contributed by atoms with E-state index in [1.54, 1.807) is 6.92 Å². The molecule has 0 amide bonds. The number of piperazine rings is 1. The minimum atomic E-state index is 0. The Balaban J connectivity index is 0.00000171. The zero-order chi connectivity index (χ0) is 20.1. The summed E-state index contributed by atoms with van der Waals surface area (Å²) in [6.45, 7) is 11.4. The van der Waals surface area contributed by atoms with Gasteiger partial charge in [0.25, 0.3) is 0 Å². The number of halogens is 2. The summed E-state index contributed by atoms with van der Waals surface area (Å²) >= 11 is 0. The van der Waals surface area contributed by atoms with Crippen LogP contribution in [-0.4, -0.2) is 81.2 Å². The molecular formula is C23H37Cl2N3O3. The van der Waals surface area contributed by atoms with E-state index in [2.05, 4.69) is 26.8 Å². The number of Topliss-reactive ketones (excluding diaryl/α,β-unsaturated/α-hetero) is 1. The van der Waals surface area contributed by atoms with Crippen molar-refractivity contribution in [3.8, 4) is 11.5 Å². The van der Waals surface area contributed by atoms with Gasteiger partial charge >= 0.3 is 0 Å². The lowest BCUT2D eigenvalue weighted by molar-refractivity contribution is -0.118. The highest BCUT2D eigenvalue weighted by Crippen LogP contribution is 2.39. The van der Waals surface area contributed by atoms with Gasteiger partial charge in [0, 0.05) is 32.6 Å². The zero-order valence-corrected chi connectivity index (χ0v) is 20.2. The van der Waals surface area contributed by atoms with Gasteiger partial charge in [-0.3, -0.25) is 14.6 Å². The summed E-state index contributed by atoms with van der Waals surface area (Å²) in [4.78, 5) is 18.7. The molecule has 1 aromatic carbocycles. The molecule has 0 unspecified atom stereocenters. The summed E-state index contributed by atoms with van der Waals surface area (Å²) in [5.74, 6) is 2.91. The predicted molar refractivity (Wildman–Crippen MR) is 130 cm³/mol. The summed E-state index contributed by atoms with van der Waals surface area (Å²) in [7, 11) is 0. The van der Waals surface area contributed by atoms with Gasteiger partial charge < -0.3 is 14.4 Å². The molecule has 0 radical (unpaired) electrons. The lowest BCUT2D eigenvalue weighted by Gasteiger charge is -2.38. The molecular weight excluding hydrogens is 437 g/mol. The van der Waals surface area contributed by atoms with Gasteiger partial charge in [0.1, 0.15) is 5.78 Å². The molecule has 0 aromatic heterocycles. The molecule has 0 saturated carbocycles. The molecule has 176 valence electrons. The van der Waals surface area contributed by atoms with E-state index in [4.69, 9.17) is 9.47 Å². The molecule has 0 N–H and O–H groups in total. The second kappa shape index (κ2) is 12.7.